The number of carbonyl (C=O) groups excluding carboxylic acids is 1. The third-order valence-corrected chi connectivity index (χ3v) is 3.48. The molecule has 4 heteroatoms. The van der Waals surface area contributed by atoms with Crippen LogP contribution in [0.25, 0.3) is 0 Å². The molecule has 2 fully saturated rings. The van der Waals surface area contributed by atoms with Crippen LogP contribution in [-0.4, -0.2) is 49.7 Å². The number of morpholine rings is 1. The van der Waals surface area contributed by atoms with Crippen molar-refractivity contribution in [1.29, 1.82) is 0 Å². The van der Waals surface area contributed by atoms with Gasteiger partial charge in [0.15, 0.2) is 0 Å². The number of carbonyl (C=O) groups is 1. The lowest BCUT2D eigenvalue weighted by Crippen LogP contribution is -2.41. The molecule has 0 saturated carbocycles. The predicted molar refractivity (Wildman–Crippen MR) is 62.3 cm³/mol. The van der Waals surface area contributed by atoms with Gasteiger partial charge in [0.2, 0.25) is 5.91 Å². The van der Waals surface area contributed by atoms with Gasteiger partial charge in [-0.15, -0.1) is 0 Å². The largest absolute Gasteiger partial charge is 0.378 e. The van der Waals surface area contributed by atoms with Crippen molar-refractivity contribution in [2.75, 3.05) is 32.8 Å². The van der Waals surface area contributed by atoms with Gasteiger partial charge in [-0.2, -0.15) is 0 Å². The van der Waals surface area contributed by atoms with Gasteiger partial charge in [0.1, 0.15) is 0 Å². The van der Waals surface area contributed by atoms with E-state index in [-0.39, 0.29) is 0 Å². The van der Waals surface area contributed by atoms with E-state index in [0.29, 0.717) is 31.6 Å². The smallest absolute Gasteiger partial charge is 0.222 e. The Kier molecular flexibility index (Phi) is 4.60. The van der Waals surface area contributed by atoms with Gasteiger partial charge in [-0.05, 0) is 25.8 Å². The minimum absolute atomic E-state index is 0.302. The highest BCUT2D eigenvalue weighted by Crippen LogP contribution is 2.13. The number of hydrogen-bond acceptors (Lipinski definition) is 3. The Morgan fingerprint density at radius 1 is 1.31 bits per heavy atom. The zero-order valence-electron chi connectivity index (χ0n) is 9.91. The summed E-state index contributed by atoms with van der Waals surface area (Å²) in [5.41, 5.74) is 0. The Morgan fingerprint density at radius 2 is 2.12 bits per heavy atom. The maximum atomic E-state index is 11.9. The highest BCUT2D eigenvalue weighted by molar-refractivity contribution is 5.76. The van der Waals surface area contributed by atoms with E-state index in [1.54, 1.807) is 0 Å². The van der Waals surface area contributed by atoms with E-state index in [0.717, 1.165) is 26.1 Å². The van der Waals surface area contributed by atoms with Crippen molar-refractivity contribution < 1.29 is 9.53 Å². The zero-order chi connectivity index (χ0) is 11.2. The second-order valence-corrected chi connectivity index (χ2v) is 4.68. The number of nitrogens with zero attached hydrogens (tertiary/aromatic N) is 1. The van der Waals surface area contributed by atoms with E-state index in [1.807, 2.05) is 4.90 Å². The summed E-state index contributed by atoms with van der Waals surface area (Å²) in [6.45, 7) is 4.07. The van der Waals surface area contributed by atoms with Crippen LogP contribution in [0.4, 0.5) is 0 Å². The Hall–Kier alpha value is -0.610. The molecule has 0 aromatic carbocycles. The van der Waals surface area contributed by atoms with Crippen molar-refractivity contribution in [2.24, 2.45) is 0 Å². The van der Waals surface area contributed by atoms with Crippen LogP contribution >= 0.6 is 0 Å². The number of amides is 1. The van der Waals surface area contributed by atoms with Gasteiger partial charge < -0.3 is 15.0 Å². The molecular weight excluding hydrogens is 204 g/mol. The van der Waals surface area contributed by atoms with Crippen LogP contribution < -0.4 is 5.32 Å². The first-order valence-electron chi connectivity index (χ1n) is 6.45. The van der Waals surface area contributed by atoms with Gasteiger partial charge in [-0.1, -0.05) is 6.42 Å². The van der Waals surface area contributed by atoms with Crippen LogP contribution in [0.1, 0.15) is 32.1 Å². The van der Waals surface area contributed by atoms with Crippen LogP contribution in [0.15, 0.2) is 0 Å². The average Bonchev–Trinajstić information content (AvgIpc) is 2.38. The van der Waals surface area contributed by atoms with Crippen molar-refractivity contribution in [3.63, 3.8) is 0 Å². The van der Waals surface area contributed by atoms with E-state index in [2.05, 4.69) is 5.32 Å². The van der Waals surface area contributed by atoms with Crippen molar-refractivity contribution in [3.8, 4) is 0 Å². The summed E-state index contributed by atoms with van der Waals surface area (Å²) in [5.74, 6) is 0.302. The Morgan fingerprint density at radius 3 is 2.81 bits per heavy atom. The molecule has 16 heavy (non-hydrogen) atoms. The minimum Gasteiger partial charge on any atom is -0.378 e. The Balaban J connectivity index is 1.65. The number of piperidine rings is 1. The first kappa shape index (κ1) is 11.9. The van der Waals surface area contributed by atoms with E-state index >= 15 is 0 Å². The van der Waals surface area contributed by atoms with Crippen molar-refractivity contribution in [3.05, 3.63) is 0 Å². The summed E-state index contributed by atoms with van der Waals surface area (Å²) in [6, 6.07) is 0.568. The third kappa shape index (κ3) is 3.46. The molecule has 2 rings (SSSR count). The molecule has 4 nitrogen and oxygen atoms in total. The Bertz CT molecular complexity index is 221. The van der Waals surface area contributed by atoms with Crippen LogP contribution in [0.3, 0.4) is 0 Å². The highest BCUT2D eigenvalue weighted by Gasteiger charge is 2.19. The van der Waals surface area contributed by atoms with Gasteiger partial charge >= 0.3 is 0 Å². The number of rotatable bonds is 3. The lowest BCUT2D eigenvalue weighted by molar-refractivity contribution is -0.135. The molecule has 0 unspecified atom stereocenters. The van der Waals surface area contributed by atoms with Crippen LogP contribution in [0, 0.1) is 0 Å². The highest BCUT2D eigenvalue weighted by atomic mass is 16.5. The summed E-state index contributed by atoms with van der Waals surface area (Å²) in [6.07, 6.45) is 5.52. The monoisotopic (exact) mass is 226 g/mol. The molecule has 2 heterocycles. The fraction of sp³-hybridized carbons (Fsp3) is 0.917. The molecule has 2 aliphatic rings. The number of hydrogen-bond donors (Lipinski definition) is 1. The van der Waals surface area contributed by atoms with Crippen molar-refractivity contribution in [1.82, 2.24) is 10.2 Å². The van der Waals surface area contributed by atoms with E-state index in [1.165, 1.54) is 19.3 Å². The maximum Gasteiger partial charge on any atom is 0.222 e. The molecule has 1 amide bonds. The first-order valence-corrected chi connectivity index (χ1v) is 6.45. The van der Waals surface area contributed by atoms with Crippen LogP contribution in [-0.2, 0) is 9.53 Å². The fourth-order valence-electron chi connectivity index (χ4n) is 2.44. The molecule has 92 valence electrons. The van der Waals surface area contributed by atoms with Gasteiger partial charge in [0, 0.05) is 25.6 Å². The summed E-state index contributed by atoms with van der Waals surface area (Å²) >= 11 is 0. The molecule has 0 spiro atoms. The third-order valence-electron chi connectivity index (χ3n) is 3.48. The second kappa shape index (κ2) is 6.21. The Labute approximate surface area is 97.3 Å². The molecule has 0 radical (unpaired) electrons. The van der Waals surface area contributed by atoms with Crippen molar-refractivity contribution in [2.45, 2.75) is 38.1 Å². The van der Waals surface area contributed by atoms with Gasteiger partial charge in [0.25, 0.3) is 0 Å². The van der Waals surface area contributed by atoms with Gasteiger partial charge in [-0.3, -0.25) is 4.79 Å². The summed E-state index contributed by atoms with van der Waals surface area (Å²) < 4.78 is 5.24. The quantitative estimate of drug-likeness (QED) is 0.773. The number of ether oxygens (including phenoxy) is 1. The zero-order valence-corrected chi connectivity index (χ0v) is 9.91. The standard InChI is InChI=1S/C12H22N2O2/c15-12(14-7-9-16-10-8-14)5-4-11-3-1-2-6-13-11/h11,13H,1-10H2/t11-/m0/s1. The summed E-state index contributed by atoms with van der Waals surface area (Å²) in [7, 11) is 0. The summed E-state index contributed by atoms with van der Waals surface area (Å²) in [5, 5.41) is 3.48. The predicted octanol–water partition coefficient (Wildman–Crippen LogP) is 0.767. The van der Waals surface area contributed by atoms with E-state index in [4.69, 9.17) is 4.74 Å². The topological polar surface area (TPSA) is 41.6 Å². The van der Waals surface area contributed by atoms with Crippen molar-refractivity contribution >= 4 is 5.91 Å². The lowest BCUT2D eigenvalue weighted by Gasteiger charge is -2.28. The fourth-order valence-corrected chi connectivity index (χ4v) is 2.44. The lowest BCUT2D eigenvalue weighted by atomic mass is 10.0. The minimum atomic E-state index is 0.302. The normalized spacial score (nSPS) is 26.8. The molecule has 1 atom stereocenters. The average molecular weight is 226 g/mol. The van der Waals surface area contributed by atoms with Gasteiger partial charge in [-0.25, -0.2) is 0 Å². The van der Waals surface area contributed by atoms with E-state index in [9.17, 15) is 4.79 Å². The SMILES string of the molecule is O=C(CC[C@@H]1CCCCN1)N1CCOCC1. The molecule has 0 bridgehead atoms. The second-order valence-electron chi connectivity index (χ2n) is 4.68. The van der Waals surface area contributed by atoms with E-state index < -0.39 is 0 Å². The molecule has 2 aliphatic heterocycles. The van der Waals surface area contributed by atoms with Crippen LogP contribution in [0.5, 0.6) is 0 Å². The molecule has 2 saturated heterocycles. The first-order chi connectivity index (χ1) is 7.86. The molecular formula is C12H22N2O2. The molecule has 0 aromatic rings. The maximum absolute atomic E-state index is 11.9. The van der Waals surface area contributed by atoms with Crippen LogP contribution in [0.2, 0.25) is 0 Å². The molecule has 0 aromatic heterocycles. The summed E-state index contributed by atoms with van der Waals surface area (Å²) in [4.78, 5) is 13.8. The number of nitrogens with one attached hydrogen (secondary N) is 1. The van der Waals surface area contributed by atoms with Gasteiger partial charge in [0.05, 0.1) is 13.2 Å². The molecule has 1 N–H and O–H groups in total. The molecule has 0 aliphatic carbocycles.